The summed E-state index contributed by atoms with van der Waals surface area (Å²) in [4.78, 5) is 40.1. The molecule has 0 radical (unpaired) electrons. The number of aromatic amines is 1. The fourth-order valence-corrected chi connectivity index (χ4v) is 4.18. The topological polar surface area (TPSA) is 107 Å². The summed E-state index contributed by atoms with van der Waals surface area (Å²) < 4.78 is 0. The summed E-state index contributed by atoms with van der Waals surface area (Å²) >= 11 is 0. The number of benzene rings is 1. The van der Waals surface area contributed by atoms with Gasteiger partial charge in [0.1, 0.15) is 5.69 Å². The van der Waals surface area contributed by atoms with Crippen LogP contribution in [0, 0.1) is 0 Å². The second-order valence-electron chi connectivity index (χ2n) is 8.65. The Morgan fingerprint density at radius 2 is 1.88 bits per heavy atom. The van der Waals surface area contributed by atoms with Gasteiger partial charge in [-0.2, -0.15) is 5.10 Å². The first kappa shape index (κ1) is 22.0. The van der Waals surface area contributed by atoms with Crippen LogP contribution in [0.1, 0.15) is 78.7 Å². The zero-order valence-corrected chi connectivity index (χ0v) is 18.3. The van der Waals surface area contributed by atoms with Gasteiger partial charge in [-0.3, -0.25) is 19.5 Å². The van der Waals surface area contributed by atoms with Gasteiger partial charge < -0.3 is 15.5 Å². The standard InChI is InChI=1S/C24H31N5O3/c30-22-15-21(18-8-4-3-5-9-18)29(13-7-2-1-6-12-25-22)23(31)16-26-24(32)20-14-19(27-28-20)17-10-11-17/h3-5,8-9,14,17,21H,1-2,6-7,10-13,15-16H2,(H,25,30)(H,26,32)(H,27,28). The highest BCUT2D eigenvalue weighted by atomic mass is 16.2. The highest BCUT2D eigenvalue weighted by Crippen LogP contribution is 2.39. The van der Waals surface area contributed by atoms with Gasteiger partial charge in [0.25, 0.3) is 5.91 Å². The number of nitrogens with one attached hydrogen (secondary N) is 3. The Morgan fingerprint density at radius 3 is 2.66 bits per heavy atom. The molecule has 32 heavy (non-hydrogen) atoms. The molecular formula is C24H31N5O3. The van der Waals surface area contributed by atoms with Gasteiger partial charge in [-0.25, -0.2) is 0 Å². The third-order valence-electron chi connectivity index (χ3n) is 6.16. The van der Waals surface area contributed by atoms with E-state index in [1.807, 2.05) is 30.3 Å². The third kappa shape index (κ3) is 5.75. The van der Waals surface area contributed by atoms with Crippen molar-refractivity contribution in [3.8, 4) is 0 Å². The first-order valence-corrected chi connectivity index (χ1v) is 11.6. The number of rotatable bonds is 5. The van der Waals surface area contributed by atoms with E-state index < -0.39 is 0 Å². The van der Waals surface area contributed by atoms with E-state index in [2.05, 4.69) is 20.8 Å². The molecule has 1 saturated heterocycles. The average molecular weight is 438 g/mol. The number of amides is 3. The number of H-pyrrole nitrogens is 1. The SMILES string of the molecule is O=C1CC(c2ccccc2)N(C(=O)CNC(=O)c2cc(C3CC3)[nH]n2)CCCCCCN1. The van der Waals surface area contributed by atoms with Crippen LogP contribution in [-0.2, 0) is 9.59 Å². The molecule has 1 aliphatic heterocycles. The molecule has 3 amide bonds. The van der Waals surface area contributed by atoms with Crippen LogP contribution >= 0.6 is 0 Å². The van der Waals surface area contributed by atoms with Gasteiger partial charge in [0.15, 0.2) is 0 Å². The van der Waals surface area contributed by atoms with Crippen LogP contribution in [0.5, 0.6) is 0 Å². The van der Waals surface area contributed by atoms with Gasteiger partial charge in [-0.15, -0.1) is 0 Å². The Morgan fingerprint density at radius 1 is 1.09 bits per heavy atom. The van der Waals surface area contributed by atoms with Gasteiger partial charge in [-0.05, 0) is 37.3 Å². The molecule has 1 aromatic heterocycles. The van der Waals surface area contributed by atoms with Gasteiger partial charge in [0.2, 0.25) is 11.8 Å². The average Bonchev–Trinajstić information content (AvgIpc) is 3.55. The van der Waals surface area contributed by atoms with E-state index in [-0.39, 0.29) is 36.7 Å². The molecule has 2 heterocycles. The van der Waals surface area contributed by atoms with E-state index in [9.17, 15) is 14.4 Å². The molecule has 2 aliphatic rings. The molecule has 8 nitrogen and oxygen atoms in total. The van der Waals surface area contributed by atoms with Crippen molar-refractivity contribution < 1.29 is 14.4 Å². The first-order valence-electron chi connectivity index (χ1n) is 11.6. The van der Waals surface area contributed by atoms with Crippen LogP contribution in [0.4, 0.5) is 0 Å². The van der Waals surface area contributed by atoms with Crippen molar-refractivity contribution in [3.05, 3.63) is 53.3 Å². The lowest BCUT2D eigenvalue weighted by Gasteiger charge is -2.32. The normalized spacial score (nSPS) is 20.2. The van der Waals surface area contributed by atoms with Crippen molar-refractivity contribution >= 4 is 17.7 Å². The zero-order chi connectivity index (χ0) is 22.3. The van der Waals surface area contributed by atoms with Crippen molar-refractivity contribution in [2.75, 3.05) is 19.6 Å². The highest BCUT2D eigenvalue weighted by molar-refractivity contribution is 5.95. The van der Waals surface area contributed by atoms with Crippen molar-refractivity contribution in [1.29, 1.82) is 0 Å². The predicted molar refractivity (Wildman–Crippen MR) is 120 cm³/mol. The molecule has 2 fully saturated rings. The third-order valence-corrected chi connectivity index (χ3v) is 6.16. The maximum Gasteiger partial charge on any atom is 0.272 e. The Hall–Kier alpha value is -3.16. The Bertz CT molecular complexity index is 938. The molecule has 0 bridgehead atoms. The van der Waals surface area contributed by atoms with Crippen LogP contribution in [0.15, 0.2) is 36.4 Å². The van der Waals surface area contributed by atoms with E-state index in [0.717, 1.165) is 49.8 Å². The van der Waals surface area contributed by atoms with Crippen LogP contribution in [0.25, 0.3) is 0 Å². The molecule has 1 unspecified atom stereocenters. The number of hydrogen-bond donors (Lipinski definition) is 3. The van der Waals surface area contributed by atoms with E-state index in [0.29, 0.717) is 24.7 Å². The smallest absolute Gasteiger partial charge is 0.272 e. The van der Waals surface area contributed by atoms with Crippen molar-refractivity contribution in [2.45, 2.75) is 56.9 Å². The van der Waals surface area contributed by atoms with Crippen LogP contribution < -0.4 is 10.6 Å². The van der Waals surface area contributed by atoms with E-state index in [1.54, 1.807) is 11.0 Å². The molecular weight excluding hydrogens is 406 g/mol. The second kappa shape index (κ2) is 10.4. The van der Waals surface area contributed by atoms with E-state index in [1.165, 1.54) is 0 Å². The highest BCUT2D eigenvalue weighted by Gasteiger charge is 2.29. The van der Waals surface area contributed by atoms with Crippen LogP contribution in [0.2, 0.25) is 0 Å². The van der Waals surface area contributed by atoms with Crippen molar-refractivity contribution in [1.82, 2.24) is 25.7 Å². The molecule has 4 rings (SSSR count). The summed E-state index contributed by atoms with van der Waals surface area (Å²) in [7, 11) is 0. The molecule has 8 heteroatoms. The first-order chi connectivity index (χ1) is 15.6. The number of aromatic nitrogens is 2. The fraction of sp³-hybridized carbons (Fsp3) is 0.500. The molecule has 0 spiro atoms. The summed E-state index contributed by atoms with van der Waals surface area (Å²) in [5.74, 6) is -0.154. The fourth-order valence-electron chi connectivity index (χ4n) is 4.18. The lowest BCUT2D eigenvalue weighted by atomic mass is 10.0. The number of nitrogens with zero attached hydrogens (tertiary/aromatic N) is 2. The Kier molecular flexibility index (Phi) is 7.19. The minimum atomic E-state index is -0.370. The summed E-state index contributed by atoms with van der Waals surface area (Å²) in [5.41, 5.74) is 2.20. The van der Waals surface area contributed by atoms with Crippen molar-refractivity contribution in [2.24, 2.45) is 0 Å². The molecule has 2 aromatic rings. The molecule has 1 aliphatic carbocycles. The lowest BCUT2D eigenvalue weighted by Crippen LogP contribution is -2.44. The minimum absolute atomic E-state index is 0.0632. The lowest BCUT2D eigenvalue weighted by molar-refractivity contribution is -0.134. The summed E-state index contributed by atoms with van der Waals surface area (Å²) in [6.45, 7) is 1.09. The Balaban J connectivity index is 1.46. The quantitative estimate of drug-likeness (QED) is 0.668. The maximum absolute atomic E-state index is 13.2. The molecule has 170 valence electrons. The summed E-state index contributed by atoms with van der Waals surface area (Å²) in [5, 5.41) is 12.7. The zero-order valence-electron chi connectivity index (χ0n) is 18.3. The number of carbonyl (C=O) groups is 3. The number of hydrogen-bond acceptors (Lipinski definition) is 4. The maximum atomic E-state index is 13.2. The van der Waals surface area contributed by atoms with Crippen molar-refractivity contribution in [3.63, 3.8) is 0 Å². The number of carbonyl (C=O) groups excluding carboxylic acids is 3. The minimum Gasteiger partial charge on any atom is -0.356 e. The molecule has 3 N–H and O–H groups in total. The van der Waals surface area contributed by atoms with Gasteiger partial charge in [0.05, 0.1) is 19.0 Å². The monoisotopic (exact) mass is 437 g/mol. The van der Waals surface area contributed by atoms with Crippen LogP contribution in [-0.4, -0.2) is 52.5 Å². The van der Waals surface area contributed by atoms with Gasteiger partial charge in [-0.1, -0.05) is 43.2 Å². The van der Waals surface area contributed by atoms with E-state index in [4.69, 9.17) is 0 Å². The summed E-state index contributed by atoms with van der Waals surface area (Å²) in [6.07, 6.45) is 6.24. The summed E-state index contributed by atoms with van der Waals surface area (Å²) in [6, 6.07) is 11.0. The molecule has 1 aromatic carbocycles. The van der Waals surface area contributed by atoms with Crippen LogP contribution in [0.3, 0.4) is 0 Å². The Labute approximate surface area is 188 Å². The second-order valence-corrected chi connectivity index (χ2v) is 8.65. The van der Waals surface area contributed by atoms with Gasteiger partial charge in [0, 0.05) is 24.7 Å². The van der Waals surface area contributed by atoms with Gasteiger partial charge >= 0.3 is 0 Å². The largest absolute Gasteiger partial charge is 0.356 e. The predicted octanol–water partition coefficient (Wildman–Crippen LogP) is 2.67. The van der Waals surface area contributed by atoms with E-state index >= 15 is 0 Å². The molecule has 1 saturated carbocycles. The molecule has 1 atom stereocenters.